The van der Waals surface area contributed by atoms with Crippen LogP contribution in [0.3, 0.4) is 0 Å². The van der Waals surface area contributed by atoms with Gasteiger partial charge in [-0.05, 0) is 36.4 Å². The van der Waals surface area contributed by atoms with Gasteiger partial charge < -0.3 is 14.5 Å². The van der Waals surface area contributed by atoms with Crippen molar-refractivity contribution in [1.82, 2.24) is 5.32 Å². The van der Waals surface area contributed by atoms with Crippen molar-refractivity contribution in [2.24, 2.45) is 0 Å². The molecule has 0 aliphatic rings. The first-order chi connectivity index (χ1) is 8.29. The fraction of sp³-hybridized carbons (Fsp3) is 0.154. The summed E-state index contributed by atoms with van der Waals surface area (Å²) < 4.78 is 10.3. The lowest BCUT2D eigenvalue weighted by molar-refractivity contribution is 0.415. The van der Waals surface area contributed by atoms with Crippen LogP contribution in [0.15, 0.2) is 47.1 Å². The van der Waals surface area contributed by atoms with E-state index in [1.54, 1.807) is 13.4 Å². The second kappa shape index (κ2) is 5.50. The minimum atomic E-state index is 0.595. The van der Waals surface area contributed by atoms with Crippen molar-refractivity contribution >= 4 is 17.2 Å². The van der Waals surface area contributed by atoms with Crippen molar-refractivity contribution in [3.63, 3.8) is 0 Å². The average molecular weight is 247 g/mol. The lowest BCUT2D eigenvalue weighted by Crippen LogP contribution is -2.21. The summed E-state index contributed by atoms with van der Waals surface area (Å²) in [6.07, 6.45) is 1.65. The Balaban J connectivity index is 1.95. The number of rotatable bonds is 4. The molecule has 0 spiro atoms. The summed E-state index contributed by atoms with van der Waals surface area (Å²) in [6, 6.07) is 11.4. The maximum absolute atomic E-state index is 5.28. The zero-order chi connectivity index (χ0) is 12.1. The minimum Gasteiger partial charge on any atom is -0.497 e. The number of methoxy groups -OCH3 is 1. The van der Waals surface area contributed by atoms with Gasteiger partial charge in [-0.3, -0.25) is 0 Å². The van der Waals surface area contributed by atoms with Crippen molar-refractivity contribution in [1.29, 1.82) is 0 Å². The van der Waals surface area contributed by atoms with Crippen LogP contribution in [-0.4, -0.2) is 12.1 Å². The molecule has 0 saturated heterocycles. The highest BCUT2D eigenvalue weighted by Crippen LogP contribution is 2.11. The number of ether oxygens (including phenoxy) is 1. The third kappa shape index (κ3) is 3.07. The molecule has 2 aromatic rings. The van der Waals surface area contributed by atoms with Gasteiger partial charge in [0, 0.05) is 5.56 Å². The normalized spacial score (nSPS) is 9.94. The van der Waals surface area contributed by atoms with E-state index in [2.05, 4.69) is 5.32 Å². The zero-order valence-electron chi connectivity index (χ0n) is 9.47. The van der Waals surface area contributed by atoms with Crippen LogP contribution in [0.4, 0.5) is 0 Å². The number of benzene rings is 1. The fourth-order valence-electron chi connectivity index (χ4n) is 1.43. The molecular formula is C13H13NO2S. The number of thiocarbonyl (C=S) groups is 1. The SMILES string of the molecule is COc1ccc(C(=S)NCc2ccco2)cc1. The van der Waals surface area contributed by atoms with Gasteiger partial charge in [-0.25, -0.2) is 0 Å². The summed E-state index contributed by atoms with van der Waals surface area (Å²) in [5.74, 6) is 1.68. The molecule has 0 radical (unpaired) electrons. The van der Waals surface area contributed by atoms with Crippen LogP contribution in [0.5, 0.6) is 5.75 Å². The second-order valence-electron chi connectivity index (χ2n) is 3.49. The molecule has 88 valence electrons. The van der Waals surface area contributed by atoms with Gasteiger partial charge in [-0.1, -0.05) is 12.2 Å². The molecule has 0 bridgehead atoms. The monoisotopic (exact) mass is 247 g/mol. The van der Waals surface area contributed by atoms with Gasteiger partial charge in [0.15, 0.2) is 0 Å². The van der Waals surface area contributed by atoms with E-state index in [0.717, 1.165) is 17.1 Å². The standard InChI is InChI=1S/C13H13NO2S/c1-15-11-6-4-10(5-7-11)13(17)14-9-12-3-2-8-16-12/h2-8H,9H2,1H3,(H,14,17). The van der Waals surface area contributed by atoms with Crippen LogP contribution in [0.25, 0.3) is 0 Å². The highest BCUT2D eigenvalue weighted by atomic mass is 32.1. The zero-order valence-corrected chi connectivity index (χ0v) is 10.3. The van der Waals surface area contributed by atoms with Crippen LogP contribution in [-0.2, 0) is 6.54 Å². The Hall–Kier alpha value is -1.81. The highest BCUT2D eigenvalue weighted by molar-refractivity contribution is 7.80. The van der Waals surface area contributed by atoms with Gasteiger partial charge >= 0.3 is 0 Å². The van der Waals surface area contributed by atoms with E-state index in [1.165, 1.54) is 0 Å². The van der Waals surface area contributed by atoms with Crippen LogP contribution < -0.4 is 10.1 Å². The minimum absolute atomic E-state index is 0.595. The molecule has 1 N–H and O–H groups in total. The van der Waals surface area contributed by atoms with Crippen molar-refractivity contribution in [3.8, 4) is 5.75 Å². The van der Waals surface area contributed by atoms with Gasteiger partial charge in [0.1, 0.15) is 16.5 Å². The van der Waals surface area contributed by atoms with Gasteiger partial charge in [-0.2, -0.15) is 0 Å². The molecule has 2 rings (SSSR count). The predicted molar refractivity (Wildman–Crippen MR) is 70.2 cm³/mol. The number of furan rings is 1. The van der Waals surface area contributed by atoms with Crippen molar-refractivity contribution < 1.29 is 9.15 Å². The van der Waals surface area contributed by atoms with Crippen molar-refractivity contribution in [2.45, 2.75) is 6.54 Å². The van der Waals surface area contributed by atoms with Crippen molar-refractivity contribution in [3.05, 3.63) is 54.0 Å². The number of nitrogens with one attached hydrogen (secondary N) is 1. The molecule has 0 saturated carbocycles. The predicted octanol–water partition coefficient (Wildman–Crippen LogP) is 2.75. The topological polar surface area (TPSA) is 34.4 Å². The van der Waals surface area contributed by atoms with E-state index in [4.69, 9.17) is 21.4 Å². The first-order valence-electron chi connectivity index (χ1n) is 5.24. The van der Waals surface area contributed by atoms with Gasteiger partial charge in [-0.15, -0.1) is 0 Å². The van der Waals surface area contributed by atoms with Crippen LogP contribution in [0.1, 0.15) is 11.3 Å². The molecule has 4 heteroatoms. The van der Waals surface area contributed by atoms with Crippen molar-refractivity contribution in [2.75, 3.05) is 7.11 Å². The Bertz CT molecular complexity index is 477. The largest absolute Gasteiger partial charge is 0.497 e. The number of hydrogen-bond donors (Lipinski definition) is 1. The third-order valence-corrected chi connectivity index (χ3v) is 2.74. The molecular weight excluding hydrogens is 234 g/mol. The summed E-state index contributed by atoms with van der Waals surface area (Å²) in [4.78, 5) is 0.698. The molecule has 0 unspecified atom stereocenters. The summed E-state index contributed by atoms with van der Waals surface area (Å²) in [5, 5.41) is 3.14. The molecule has 3 nitrogen and oxygen atoms in total. The fourth-order valence-corrected chi connectivity index (χ4v) is 1.63. The molecule has 1 heterocycles. The van der Waals surface area contributed by atoms with Crippen LogP contribution >= 0.6 is 12.2 Å². The lowest BCUT2D eigenvalue weighted by atomic mass is 10.2. The lowest BCUT2D eigenvalue weighted by Gasteiger charge is -2.07. The summed E-state index contributed by atoms with van der Waals surface area (Å²) >= 11 is 5.28. The van der Waals surface area contributed by atoms with Gasteiger partial charge in [0.2, 0.25) is 0 Å². The maximum atomic E-state index is 5.28. The Morgan fingerprint density at radius 1 is 1.29 bits per heavy atom. The molecule has 1 aromatic carbocycles. The Kier molecular flexibility index (Phi) is 3.77. The van der Waals surface area contributed by atoms with E-state index < -0.39 is 0 Å². The third-order valence-electron chi connectivity index (χ3n) is 2.36. The first-order valence-corrected chi connectivity index (χ1v) is 5.65. The molecule has 0 atom stereocenters. The summed E-state index contributed by atoms with van der Waals surface area (Å²) in [6.45, 7) is 0.595. The smallest absolute Gasteiger partial charge is 0.122 e. The second-order valence-corrected chi connectivity index (χ2v) is 3.90. The van der Waals surface area contributed by atoms with E-state index in [-0.39, 0.29) is 0 Å². The molecule has 1 aromatic heterocycles. The van der Waals surface area contributed by atoms with Gasteiger partial charge in [0.05, 0.1) is 19.9 Å². The molecule has 0 amide bonds. The molecule has 0 aliphatic carbocycles. The van der Waals surface area contributed by atoms with Crippen LogP contribution in [0.2, 0.25) is 0 Å². The van der Waals surface area contributed by atoms with E-state index >= 15 is 0 Å². The molecule has 17 heavy (non-hydrogen) atoms. The Morgan fingerprint density at radius 3 is 2.65 bits per heavy atom. The van der Waals surface area contributed by atoms with Crippen LogP contribution in [0, 0.1) is 0 Å². The van der Waals surface area contributed by atoms with E-state index in [9.17, 15) is 0 Å². The highest BCUT2D eigenvalue weighted by Gasteiger charge is 2.02. The van der Waals surface area contributed by atoms with Gasteiger partial charge in [0.25, 0.3) is 0 Å². The maximum Gasteiger partial charge on any atom is 0.122 e. The van der Waals surface area contributed by atoms with E-state index in [0.29, 0.717) is 11.5 Å². The number of hydrogen-bond acceptors (Lipinski definition) is 3. The Labute approximate surface area is 105 Å². The van der Waals surface area contributed by atoms with E-state index in [1.807, 2.05) is 36.4 Å². The average Bonchev–Trinajstić information content (AvgIpc) is 2.89. The summed E-state index contributed by atoms with van der Waals surface area (Å²) in [7, 11) is 1.64. The Morgan fingerprint density at radius 2 is 2.06 bits per heavy atom. The first kappa shape index (κ1) is 11.7. The molecule has 0 aliphatic heterocycles. The summed E-state index contributed by atoms with van der Waals surface area (Å²) in [5.41, 5.74) is 0.965. The molecule has 0 fully saturated rings. The quantitative estimate of drug-likeness (QED) is 0.842.